The van der Waals surface area contributed by atoms with Crippen molar-refractivity contribution in [2.24, 2.45) is 0 Å². The normalized spacial score (nSPS) is 13.1. The second-order valence-electron chi connectivity index (χ2n) is 9.29. The van der Waals surface area contributed by atoms with E-state index in [0.717, 1.165) is 12.3 Å². The molecule has 28 heavy (non-hydrogen) atoms. The molecule has 0 bridgehead atoms. The number of hydrogen-bond acceptors (Lipinski definition) is 2. The molecule has 0 heterocycles. The molecule has 0 aromatic heterocycles. The molecule has 0 amide bonds. The van der Waals surface area contributed by atoms with Crippen LogP contribution in [-0.4, -0.2) is 31.6 Å². The predicted octanol–water partition coefficient (Wildman–Crippen LogP) is 8.29. The van der Waals surface area contributed by atoms with Crippen molar-refractivity contribution in [3.63, 3.8) is 0 Å². The molecule has 0 atom stereocenters. The zero-order chi connectivity index (χ0) is 20.7. The van der Waals surface area contributed by atoms with Crippen LogP contribution in [0.4, 0.5) is 0 Å². The van der Waals surface area contributed by atoms with E-state index >= 15 is 0 Å². The van der Waals surface area contributed by atoms with Crippen molar-refractivity contribution in [3.8, 4) is 0 Å². The molecule has 0 aliphatic rings. The van der Waals surface area contributed by atoms with Crippen LogP contribution in [0.25, 0.3) is 0 Å². The Kier molecular flexibility index (Phi) is 12.0. The fraction of sp³-hybridized carbons (Fsp3) is 0.720. The number of carbonyl (C=O) groups excluding carboxylic acids is 1. The van der Waals surface area contributed by atoms with E-state index in [4.69, 9.17) is 4.52 Å². The summed E-state index contributed by atoms with van der Waals surface area (Å²) in [5.41, 5.74) is 0.686. The van der Waals surface area contributed by atoms with E-state index in [2.05, 4.69) is 27.2 Å². The molecule has 0 fully saturated rings. The van der Waals surface area contributed by atoms with Gasteiger partial charge in [0.25, 0.3) is 0 Å². The van der Waals surface area contributed by atoms with Crippen LogP contribution in [0.5, 0.6) is 0 Å². The molecule has 0 aliphatic carbocycles. The Hall–Kier alpha value is -0.880. The van der Waals surface area contributed by atoms with Gasteiger partial charge in [-0.3, -0.25) is 0 Å². The van der Waals surface area contributed by atoms with Crippen molar-refractivity contribution in [1.29, 1.82) is 0 Å². The second kappa shape index (κ2) is 13.4. The van der Waals surface area contributed by atoms with E-state index < -0.39 is 6.83 Å². The summed E-state index contributed by atoms with van der Waals surface area (Å²) in [5, 5.41) is 0. The zero-order valence-electron chi connectivity index (χ0n) is 19.0. The van der Waals surface area contributed by atoms with Crippen LogP contribution >= 0.6 is 6.83 Å². The molecule has 0 aliphatic heterocycles. The molecule has 0 radical (unpaired) electrons. The van der Waals surface area contributed by atoms with Crippen LogP contribution in [0.2, 0.25) is 0 Å². The SMILES string of the molecule is CCCCCCCCP(C)(C)(CCCCCCCC)OC(=O)c1ccccc1. The Labute approximate surface area is 174 Å². The molecule has 0 spiro atoms. The maximum atomic E-state index is 12.8. The summed E-state index contributed by atoms with van der Waals surface area (Å²) < 4.78 is 6.36. The summed E-state index contributed by atoms with van der Waals surface area (Å²) in [5.74, 6) is -0.125. The molecule has 1 aromatic carbocycles. The number of rotatable bonds is 16. The third-order valence-corrected chi connectivity index (χ3v) is 10.0. The molecular formula is C25H45O2P. The third kappa shape index (κ3) is 10.6. The van der Waals surface area contributed by atoms with Crippen molar-refractivity contribution < 1.29 is 9.32 Å². The molecule has 1 rings (SSSR count). The van der Waals surface area contributed by atoms with Crippen LogP contribution in [-0.2, 0) is 4.52 Å². The van der Waals surface area contributed by atoms with Crippen molar-refractivity contribution in [3.05, 3.63) is 35.9 Å². The summed E-state index contributed by atoms with van der Waals surface area (Å²) in [6.45, 7) is 6.64. The topological polar surface area (TPSA) is 26.3 Å². The van der Waals surface area contributed by atoms with E-state index in [9.17, 15) is 4.79 Å². The van der Waals surface area contributed by atoms with Gasteiger partial charge in [-0.1, -0.05) is 0 Å². The first-order valence-corrected chi connectivity index (χ1v) is 15.1. The van der Waals surface area contributed by atoms with Crippen molar-refractivity contribution in [2.75, 3.05) is 25.7 Å². The summed E-state index contributed by atoms with van der Waals surface area (Å²) in [7, 11) is 0. The minimum absolute atomic E-state index is 0.125. The van der Waals surface area contributed by atoms with Gasteiger partial charge >= 0.3 is 175 Å². The monoisotopic (exact) mass is 408 g/mol. The first-order chi connectivity index (χ1) is 13.4. The summed E-state index contributed by atoms with van der Waals surface area (Å²) in [6, 6.07) is 9.51. The van der Waals surface area contributed by atoms with Crippen LogP contribution in [0.3, 0.4) is 0 Å². The molecular weight excluding hydrogens is 363 g/mol. The van der Waals surface area contributed by atoms with Crippen molar-refractivity contribution in [1.82, 2.24) is 0 Å². The fourth-order valence-corrected chi connectivity index (χ4v) is 7.38. The van der Waals surface area contributed by atoms with E-state index in [1.807, 2.05) is 30.3 Å². The van der Waals surface area contributed by atoms with Gasteiger partial charge in [0.2, 0.25) is 0 Å². The molecule has 0 saturated heterocycles. The standard InChI is InChI=1S/C25H45O2P/c1-5-7-9-11-13-18-22-28(3,4,23-19-14-12-10-8-6-2)27-25(26)24-20-16-15-17-21-24/h15-17,20-21H,5-14,18-19,22-23H2,1-4H3. The van der Waals surface area contributed by atoms with Crippen LogP contribution in [0, 0.1) is 0 Å². The average molecular weight is 409 g/mol. The molecule has 1 aromatic rings. The quantitative estimate of drug-likeness (QED) is 0.203. The van der Waals surface area contributed by atoms with Crippen LogP contribution < -0.4 is 0 Å². The van der Waals surface area contributed by atoms with Crippen LogP contribution in [0.1, 0.15) is 101 Å². The van der Waals surface area contributed by atoms with Crippen LogP contribution in [0.15, 0.2) is 30.3 Å². The van der Waals surface area contributed by atoms with Gasteiger partial charge in [0.05, 0.1) is 0 Å². The molecule has 0 saturated carbocycles. The van der Waals surface area contributed by atoms with Gasteiger partial charge in [0.1, 0.15) is 0 Å². The van der Waals surface area contributed by atoms with Gasteiger partial charge in [-0.15, -0.1) is 0 Å². The number of unbranched alkanes of at least 4 members (excludes halogenated alkanes) is 10. The van der Waals surface area contributed by atoms with E-state index in [1.54, 1.807) is 0 Å². The Balaban J connectivity index is 2.64. The summed E-state index contributed by atoms with van der Waals surface area (Å²) in [6.07, 6.45) is 17.6. The Morgan fingerprint density at radius 1 is 0.714 bits per heavy atom. The molecule has 162 valence electrons. The van der Waals surface area contributed by atoms with Gasteiger partial charge in [-0.05, 0) is 0 Å². The second-order valence-corrected chi connectivity index (χ2v) is 15.5. The third-order valence-electron chi connectivity index (χ3n) is 5.82. The number of hydrogen-bond donors (Lipinski definition) is 0. The van der Waals surface area contributed by atoms with E-state index in [1.165, 1.54) is 77.0 Å². The fourth-order valence-electron chi connectivity index (χ4n) is 3.88. The average Bonchev–Trinajstić information content (AvgIpc) is 2.68. The molecule has 0 unspecified atom stereocenters. The first-order valence-electron chi connectivity index (χ1n) is 11.7. The van der Waals surface area contributed by atoms with E-state index in [-0.39, 0.29) is 5.97 Å². The van der Waals surface area contributed by atoms with Crippen molar-refractivity contribution in [2.45, 2.75) is 90.9 Å². The number of carbonyl (C=O) groups is 1. The van der Waals surface area contributed by atoms with E-state index in [0.29, 0.717) is 5.56 Å². The molecule has 3 heteroatoms. The predicted molar refractivity (Wildman–Crippen MR) is 127 cm³/mol. The first kappa shape index (κ1) is 25.2. The Morgan fingerprint density at radius 3 is 1.61 bits per heavy atom. The maximum absolute atomic E-state index is 12.8. The summed E-state index contributed by atoms with van der Waals surface area (Å²) in [4.78, 5) is 12.8. The Morgan fingerprint density at radius 2 is 1.14 bits per heavy atom. The number of benzene rings is 1. The molecule has 2 nitrogen and oxygen atoms in total. The zero-order valence-corrected chi connectivity index (χ0v) is 19.9. The Bertz CT molecular complexity index is 519. The van der Waals surface area contributed by atoms with Gasteiger partial charge in [0, 0.05) is 0 Å². The van der Waals surface area contributed by atoms with Crippen molar-refractivity contribution >= 4 is 12.8 Å². The molecule has 0 N–H and O–H groups in total. The summed E-state index contributed by atoms with van der Waals surface area (Å²) >= 11 is 0. The van der Waals surface area contributed by atoms with Gasteiger partial charge in [-0.25, -0.2) is 0 Å². The van der Waals surface area contributed by atoms with Gasteiger partial charge < -0.3 is 0 Å². The van der Waals surface area contributed by atoms with Gasteiger partial charge in [0.15, 0.2) is 0 Å². The van der Waals surface area contributed by atoms with Gasteiger partial charge in [-0.2, -0.15) is 0 Å². The minimum atomic E-state index is -2.47.